The molecular weight excluding hydrogens is 376 g/mol. The first-order valence-electron chi connectivity index (χ1n) is 9.28. The Morgan fingerprint density at radius 1 is 1.21 bits per heavy atom. The predicted molar refractivity (Wildman–Crippen MR) is 107 cm³/mol. The molecule has 0 radical (unpaired) electrons. The number of anilines is 1. The lowest BCUT2D eigenvalue weighted by atomic mass is 10.0. The third-order valence-corrected chi connectivity index (χ3v) is 4.73. The van der Waals surface area contributed by atoms with Crippen LogP contribution in [0.3, 0.4) is 0 Å². The molecule has 2 aromatic rings. The van der Waals surface area contributed by atoms with E-state index in [0.717, 1.165) is 0 Å². The molecule has 0 saturated carbocycles. The molecule has 3 rings (SSSR count). The number of benzene rings is 1. The molecule has 1 saturated heterocycles. The maximum absolute atomic E-state index is 12.1. The lowest BCUT2D eigenvalue weighted by molar-refractivity contribution is 0.0239. The van der Waals surface area contributed by atoms with Crippen molar-refractivity contribution in [2.24, 2.45) is 0 Å². The molecule has 0 bridgehead atoms. The summed E-state index contributed by atoms with van der Waals surface area (Å²) in [5.74, 6) is 2.11. The molecule has 9 heteroatoms. The van der Waals surface area contributed by atoms with Crippen LogP contribution in [0.4, 0.5) is 5.82 Å². The number of aliphatic hydroxyl groups excluding tert-OH is 1. The second kappa shape index (κ2) is 8.95. The van der Waals surface area contributed by atoms with Crippen molar-refractivity contribution < 1.29 is 24.1 Å². The Labute approximate surface area is 169 Å². The van der Waals surface area contributed by atoms with Gasteiger partial charge in [0.1, 0.15) is 29.5 Å². The van der Waals surface area contributed by atoms with Crippen LogP contribution in [-0.2, 0) is 0 Å². The Balaban J connectivity index is 1.67. The summed E-state index contributed by atoms with van der Waals surface area (Å²) in [7, 11) is 6.46. The number of β-amino-alcohol motifs (C(OH)–C–C–N with tert-alkyl or cyclic N) is 1. The van der Waals surface area contributed by atoms with Gasteiger partial charge in [-0.1, -0.05) is 0 Å². The molecule has 156 valence electrons. The summed E-state index contributed by atoms with van der Waals surface area (Å²) in [5.41, 5.74) is 0.269. The molecule has 1 fully saturated rings. The van der Waals surface area contributed by atoms with Crippen LogP contribution in [-0.4, -0.2) is 79.5 Å². The van der Waals surface area contributed by atoms with Crippen LogP contribution in [0.25, 0.3) is 0 Å². The van der Waals surface area contributed by atoms with E-state index in [1.165, 1.54) is 11.1 Å². The smallest absolute Gasteiger partial charge is 0.273 e. The molecule has 0 aliphatic carbocycles. The van der Waals surface area contributed by atoms with Crippen LogP contribution < -0.4 is 19.1 Å². The number of aliphatic hydroxyl groups is 1. The Morgan fingerprint density at radius 3 is 2.62 bits per heavy atom. The molecule has 1 aliphatic heterocycles. The molecule has 9 nitrogen and oxygen atoms in total. The first-order valence-corrected chi connectivity index (χ1v) is 9.28. The number of hydrogen-bond donors (Lipinski definition) is 1. The van der Waals surface area contributed by atoms with Gasteiger partial charge in [0.15, 0.2) is 11.5 Å². The molecule has 2 heterocycles. The van der Waals surface area contributed by atoms with Crippen LogP contribution in [0.2, 0.25) is 0 Å². The maximum Gasteiger partial charge on any atom is 0.273 e. The topological polar surface area (TPSA) is 97.3 Å². The van der Waals surface area contributed by atoms with E-state index in [4.69, 9.17) is 14.2 Å². The first-order chi connectivity index (χ1) is 13.9. The average Bonchev–Trinajstić information content (AvgIpc) is 2.74. The number of ether oxygens (including phenoxy) is 3. The number of carbonyl (C=O) groups excluding carboxylic acids is 1. The van der Waals surface area contributed by atoms with Gasteiger partial charge in [0.25, 0.3) is 5.91 Å². The summed E-state index contributed by atoms with van der Waals surface area (Å²) < 4.78 is 16.5. The molecule has 1 amide bonds. The minimum atomic E-state index is -0.730. The Morgan fingerprint density at radius 2 is 1.97 bits per heavy atom. The minimum absolute atomic E-state index is 0.216. The Hall–Kier alpha value is -3.07. The van der Waals surface area contributed by atoms with Crippen LogP contribution >= 0.6 is 0 Å². The third-order valence-electron chi connectivity index (χ3n) is 4.73. The van der Waals surface area contributed by atoms with Crippen molar-refractivity contribution >= 4 is 11.7 Å². The van der Waals surface area contributed by atoms with E-state index in [1.54, 1.807) is 52.7 Å². The number of methoxy groups -OCH3 is 2. The van der Waals surface area contributed by atoms with E-state index >= 15 is 0 Å². The van der Waals surface area contributed by atoms with Gasteiger partial charge in [-0.05, 0) is 12.1 Å². The predicted octanol–water partition coefficient (Wildman–Crippen LogP) is 1.21. The number of carbonyl (C=O) groups is 1. The molecule has 1 N–H and O–H groups in total. The highest BCUT2D eigenvalue weighted by molar-refractivity contribution is 5.91. The van der Waals surface area contributed by atoms with E-state index in [2.05, 4.69) is 9.97 Å². The van der Waals surface area contributed by atoms with Crippen LogP contribution in [0.1, 0.15) is 16.9 Å². The molecule has 1 aromatic carbocycles. The summed E-state index contributed by atoms with van der Waals surface area (Å²) in [6.07, 6.45) is 2.52. The SMILES string of the molecule is COc1ccc(O[C@@H]2CCN(c3cncc(C(=O)N(C)C)n3)C[C@H]2O)cc1OC. The van der Waals surface area contributed by atoms with Crippen molar-refractivity contribution in [3.8, 4) is 17.2 Å². The maximum atomic E-state index is 12.1. The third kappa shape index (κ3) is 4.68. The number of piperidine rings is 1. The number of amides is 1. The largest absolute Gasteiger partial charge is 0.493 e. The second-order valence-corrected chi connectivity index (χ2v) is 6.94. The zero-order chi connectivity index (χ0) is 21.0. The average molecular weight is 402 g/mol. The number of aromatic nitrogens is 2. The standard InChI is InChI=1S/C20H26N4O5/c1-23(2)20(26)14-10-21-11-19(22-14)24-8-7-16(15(25)12-24)29-13-5-6-17(27-3)18(9-13)28-4/h5-6,9-11,15-16,25H,7-8,12H2,1-4H3/t15-,16-/m1/s1. The van der Waals surface area contributed by atoms with E-state index in [9.17, 15) is 9.90 Å². The first kappa shape index (κ1) is 20.7. The van der Waals surface area contributed by atoms with Crippen molar-refractivity contribution in [2.75, 3.05) is 46.3 Å². The fourth-order valence-electron chi connectivity index (χ4n) is 3.16. The lowest BCUT2D eigenvalue weighted by Gasteiger charge is -2.36. The Bertz CT molecular complexity index is 861. The highest BCUT2D eigenvalue weighted by Gasteiger charge is 2.30. The summed E-state index contributed by atoms with van der Waals surface area (Å²) in [6.45, 7) is 0.940. The van der Waals surface area contributed by atoms with Crippen LogP contribution in [0.5, 0.6) is 17.2 Å². The molecule has 0 spiro atoms. The highest BCUT2D eigenvalue weighted by Crippen LogP contribution is 2.32. The monoisotopic (exact) mass is 402 g/mol. The van der Waals surface area contributed by atoms with Gasteiger partial charge in [-0.15, -0.1) is 0 Å². The van der Waals surface area contributed by atoms with E-state index in [-0.39, 0.29) is 17.7 Å². The zero-order valence-corrected chi connectivity index (χ0v) is 17.0. The van der Waals surface area contributed by atoms with Crippen molar-refractivity contribution in [1.29, 1.82) is 0 Å². The van der Waals surface area contributed by atoms with Gasteiger partial charge in [0, 0.05) is 39.7 Å². The van der Waals surface area contributed by atoms with Gasteiger partial charge in [-0.2, -0.15) is 0 Å². The van der Waals surface area contributed by atoms with Gasteiger partial charge >= 0.3 is 0 Å². The number of nitrogens with zero attached hydrogens (tertiary/aromatic N) is 4. The van der Waals surface area contributed by atoms with Gasteiger partial charge in [-0.25, -0.2) is 4.98 Å². The molecule has 2 atom stereocenters. The number of rotatable bonds is 6. The zero-order valence-electron chi connectivity index (χ0n) is 17.0. The van der Waals surface area contributed by atoms with E-state index in [1.807, 2.05) is 4.90 Å². The normalized spacial score (nSPS) is 18.9. The Kier molecular flexibility index (Phi) is 6.38. The van der Waals surface area contributed by atoms with Crippen molar-refractivity contribution in [3.05, 3.63) is 36.3 Å². The van der Waals surface area contributed by atoms with Gasteiger partial charge in [0.05, 0.1) is 26.6 Å². The van der Waals surface area contributed by atoms with Gasteiger partial charge in [-0.3, -0.25) is 9.78 Å². The quantitative estimate of drug-likeness (QED) is 0.770. The molecule has 1 aliphatic rings. The van der Waals surface area contributed by atoms with Gasteiger partial charge < -0.3 is 29.1 Å². The minimum Gasteiger partial charge on any atom is -0.493 e. The summed E-state index contributed by atoms with van der Waals surface area (Å²) in [4.78, 5) is 24.0. The van der Waals surface area contributed by atoms with E-state index < -0.39 is 6.10 Å². The molecular formula is C20H26N4O5. The summed E-state index contributed by atoms with van der Waals surface area (Å²) >= 11 is 0. The number of hydrogen-bond acceptors (Lipinski definition) is 8. The van der Waals surface area contributed by atoms with Crippen molar-refractivity contribution in [2.45, 2.75) is 18.6 Å². The second-order valence-electron chi connectivity index (χ2n) is 6.94. The molecule has 1 aromatic heterocycles. The van der Waals surface area contributed by atoms with Crippen molar-refractivity contribution in [1.82, 2.24) is 14.9 Å². The summed E-state index contributed by atoms with van der Waals surface area (Å²) in [6, 6.07) is 5.28. The van der Waals surface area contributed by atoms with E-state index in [0.29, 0.717) is 42.6 Å². The lowest BCUT2D eigenvalue weighted by Crippen LogP contribution is -2.49. The van der Waals surface area contributed by atoms with Crippen LogP contribution in [0, 0.1) is 0 Å². The highest BCUT2D eigenvalue weighted by atomic mass is 16.5. The molecule has 29 heavy (non-hydrogen) atoms. The summed E-state index contributed by atoms with van der Waals surface area (Å²) in [5, 5.41) is 10.6. The van der Waals surface area contributed by atoms with Crippen molar-refractivity contribution in [3.63, 3.8) is 0 Å². The van der Waals surface area contributed by atoms with Gasteiger partial charge in [0.2, 0.25) is 0 Å². The fraction of sp³-hybridized carbons (Fsp3) is 0.450. The fourth-order valence-corrected chi connectivity index (χ4v) is 3.16. The molecule has 0 unspecified atom stereocenters. The van der Waals surface area contributed by atoms with Crippen LogP contribution in [0.15, 0.2) is 30.6 Å².